The van der Waals surface area contributed by atoms with Crippen molar-refractivity contribution < 1.29 is 17.9 Å². The summed E-state index contributed by atoms with van der Waals surface area (Å²) < 4.78 is 45.9. The zero-order valence-electron chi connectivity index (χ0n) is 15.1. The fraction of sp³-hybridized carbons (Fsp3) is 0.294. The second kappa shape index (κ2) is 8.11. The SMILES string of the molecule is CC(CF)Oc1cc(Nc2cc(N)nc(C(F)F)n2)ncc1-c1cnn(C)c1. The molecule has 0 fully saturated rings. The Morgan fingerprint density at radius 3 is 2.64 bits per heavy atom. The van der Waals surface area contributed by atoms with Crippen LogP contribution >= 0.6 is 0 Å². The first-order valence-corrected chi connectivity index (χ1v) is 8.27. The van der Waals surface area contributed by atoms with Crippen molar-refractivity contribution in [3.8, 4) is 16.9 Å². The summed E-state index contributed by atoms with van der Waals surface area (Å²) in [4.78, 5) is 11.4. The van der Waals surface area contributed by atoms with E-state index in [2.05, 4.69) is 25.4 Å². The first-order valence-electron chi connectivity index (χ1n) is 8.27. The van der Waals surface area contributed by atoms with Gasteiger partial charge in [0.15, 0.2) is 5.82 Å². The molecule has 3 rings (SSSR count). The van der Waals surface area contributed by atoms with Gasteiger partial charge >= 0.3 is 0 Å². The van der Waals surface area contributed by atoms with Gasteiger partial charge in [-0.2, -0.15) is 5.10 Å². The van der Waals surface area contributed by atoms with Crippen molar-refractivity contribution in [3.63, 3.8) is 0 Å². The predicted molar refractivity (Wildman–Crippen MR) is 97.2 cm³/mol. The Morgan fingerprint density at radius 2 is 2.00 bits per heavy atom. The molecule has 1 atom stereocenters. The van der Waals surface area contributed by atoms with Gasteiger partial charge in [-0.15, -0.1) is 0 Å². The molecule has 28 heavy (non-hydrogen) atoms. The molecule has 0 aliphatic carbocycles. The van der Waals surface area contributed by atoms with Crippen LogP contribution in [0.4, 0.5) is 30.6 Å². The van der Waals surface area contributed by atoms with Gasteiger partial charge in [0.05, 0.1) is 6.20 Å². The molecule has 0 aliphatic heterocycles. The van der Waals surface area contributed by atoms with Crippen molar-refractivity contribution in [1.82, 2.24) is 24.7 Å². The van der Waals surface area contributed by atoms with Gasteiger partial charge < -0.3 is 15.8 Å². The van der Waals surface area contributed by atoms with Crippen LogP contribution in [0, 0.1) is 0 Å². The van der Waals surface area contributed by atoms with Crippen LogP contribution in [0.3, 0.4) is 0 Å². The molecule has 3 aromatic rings. The Bertz CT molecular complexity index is 964. The number of hydrogen-bond donors (Lipinski definition) is 2. The van der Waals surface area contributed by atoms with Crippen LogP contribution in [-0.2, 0) is 7.05 Å². The molecule has 3 heterocycles. The lowest BCUT2D eigenvalue weighted by atomic mass is 10.1. The number of pyridine rings is 1. The standard InChI is InChI=1S/C17H18F3N7O/c1-9(5-18)28-12-3-14(22-7-11(12)10-6-23-27(2)8-10)25-15-4-13(21)24-17(26-15)16(19)20/h3-4,6-9,16H,5H2,1-2H3,(H3,21,22,24,25,26). The van der Waals surface area contributed by atoms with E-state index >= 15 is 0 Å². The van der Waals surface area contributed by atoms with E-state index < -0.39 is 25.0 Å². The number of nitrogens with one attached hydrogen (secondary N) is 1. The van der Waals surface area contributed by atoms with Crippen LogP contribution in [0.15, 0.2) is 30.7 Å². The smallest absolute Gasteiger partial charge is 0.297 e. The third kappa shape index (κ3) is 4.48. The van der Waals surface area contributed by atoms with Crippen LogP contribution in [0.25, 0.3) is 11.1 Å². The molecular weight excluding hydrogens is 375 g/mol. The minimum absolute atomic E-state index is 0.0499. The summed E-state index contributed by atoms with van der Waals surface area (Å²) in [7, 11) is 1.76. The summed E-state index contributed by atoms with van der Waals surface area (Å²) in [6.45, 7) is 0.901. The normalized spacial score (nSPS) is 12.2. The number of alkyl halides is 3. The maximum Gasteiger partial charge on any atom is 0.297 e. The molecule has 1 unspecified atom stereocenters. The number of rotatable bonds is 7. The van der Waals surface area contributed by atoms with Gasteiger partial charge in [-0.05, 0) is 6.92 Å². The highest BCUT2D eigenvalue weighted by Gasteiger charge is 2.16. The van der Waals surface area contributed by atoms with Gasteiger partial charge in [-0.25, -0.2) is 28.1 Å². The highest BCUT2D eigenvalue weighted by Crippen LogP contribution is 2.32. The molecule has 0 saturated heterocycles. The first kappa shape index (κ1) is 19.4. The Hall–Kier alpha value is -3.37. The monoisotopic (exact) mass is 393 g/mol. The lowest BCUT2D eigenvalue weighted by Crippen LogP contribution is -2.14. The number of aryl methyl sites for hydroxylation is 1. The minimum atomic E-state index is -2.87. The van der Waals surface area contributed by atoms with E-state index in [1.807, 2.05) is 0 Å². The fourth-order valence-electron chi connectivity index (χ4n) is 2.41. The lowest BCUT2D eigenvalue weighted by molar-refractivity contribution is 0.140. The summed E-state index contributed by atoms with van der Waals surface area (Å²) >= 11 is 0. The number of ether oxygens (including phenoxy) is 1. The number of nitrogens with two attached hydrogens (primary N) is 1. The van der Waals surface area contributed by atoms with Gasteiger partial charge in [-0.3, -0.25) is 4.68 Å². The summed E-state index contributed by atoms with van der Waals surface area (Å²) in [6.07, 6.45) is 1.34. The summed E-state index contributed by atoms with van der Waals surface area (Å²) in [5.41, 5.74) is 6.88. The number of halogens is 3. The van der Waals surface area contributed by atoms with Crippen molar-refractivity contribution in [1.29, 1.82) is 0 Å². The molecule has 3 N–H and O–H groups in total. The molecule has 0 amide bonds. The van der Waals surface area contributed by atoms with E-state index in [1.165, 1.54) is 18.3 Å². The molecule has 8 nitrogen and oxygen atoms in total. The quantitative estimate of drug-likeness (QED) is 0.635. The Labute approximate surface area is 158 Å². The van der Waals surface area contributed by atoms with Gasteiger partial charge in [0, 0.05) is 42.7 Å². The first-order chi connectivity index (χ1) is 13.4. The molecule has 3 aromatic heterocycles. The highest BCUT2D eigenvalue weighted by atomic mass is 19.3. The highest BCUT2D eigenvalue weighted by molar-refractivity contribution is 5.71. The van der Waals surface area contributed by atoms with Crippen LogP contribution in [0.2, 0.25) is 0 Å². The zero-order chi connectivity index (χ0) is 20.3. The van der Waals surface area contributed by atoms with Crippen LogP contribution in [-0.4, -0.2) is 37.5 Å². The second-order valence-corrected chi connectivity index (χ2v) is 6.01. The maximum atomic E-state index is 12.9. The van der Waals surface area contributed by atoms with E-state index in [0.717, 1.165) is 5.56 Å². The molecule has 148 valence electrons. The number of hydrogen-bond acceptors (Lipinski definition) is 7. The average Bonchev–Trinajstić information content (AvgIpc) is 3.07. The molecule has 11 heteroatoms. The largest absolute Gasteiger partial charge is 0.487 e. The Morgan fingerprint density at radius 1 is 1.21 bits per heavy atom. The van der Waals surface area contributed by atoms with Crippen LogP contribution in [0.1, 0.15) is 19.2 Å². The van der Waals surface area contributed by atoms with Crippen molar-refractivity contribution in [2.75, 3.05) is 17.7 Å². The number of anilines is 3. The Kier molecular flexibility index (Phi) is 5.62. The molecule has 0 bridgehead atoms. The third-order valence-corrected chi connectivity index (χ3v) is 3.64. The zero-order valence-corrected chi connectivity index (χ0v) is 15.1. The van der Waals surface area contributed by atoms with E-state index in [9.17, 15) is 13.2 Å². The summed E-state index contributed by atoms with van der Waals surface area (Å²) in [5, 5.41) is 6.89. The minimum Gasteiger partial charge on any atom is -0.487 e. The van der Waals surface area contributed by atoms with Gasteiger partial charge in [0.2, 0.25) is 0 Å². The second-order valence-electron chi connectivity index (χ2n) is 6.01. The van der Waals surface area contributed by atoms with E-state index in [4.69, 9.17) is 10.5 Å². The van der Waals surface area contributed by atoms with Gasteiger partial charge in [-0.1, -0.05) is 0 Å². The predicted octanol–water partition coefficient (Wildman–Crippen LogP) is 3.27. The molecule has 0 aromatic carbocycles. The third-order valence-electron chi connectivity index (χ3n) is 3.64. The number of nitrogens with zero attached hydrogens (tertiary/aromatic N) is 5. The van der Waals surface area contributed by atoms with E-state index in [1.54, 1.807) is 31.0 Å². The topological polar surface area (TPSA) is 104 Å². The van der Waals surface area contributed by atoms with Crippen molar-refractivity contribution >= 4 is 17.5 Å². The maximum absolute atomic E-state index is 12.9. The van der Waals surface area contributed by atoms with Crippen molar-refractivity contribution in [2.45, 2.75) is 19.5 Å². The van der Waals surface area contributed by atoms with Crippen molar-refractivity contribution in [2.24, 2.45) is 7.05 Å². The van der Waals surface area contributed by atoms with Crippen LogP contribution < -0.4 is 15.8 Å². The molecule has 0 saturated carbocycles. The van der Waals surface area contributed by atoms with Crippen molar-refractivity contribution in [3.05, 3.63) is 36.5 Å². The lowest BCUT2D eigenvalue weighted by Gasteiger charge is -2.16. The van der Waals surface area contributed by atoms with Crippen LogP contribution in [0.5, 0.6) is 5.75 Å². The fourth-order valence-corrected chi connectivity index (χ4v) is 2.41. The molecule has 0 spiro atoms. The number of nitrogen functional groups attached to an aromatic ring is 1. The van der Waals surface area contributed by atoms with E-state index in [0.29, 0.717) is 11.3 Å². The summed E-state index contributed by atoms with van der Waals surface area (Å²) in [6, 6.07) is 2.82. The van der Waals surface area contributed by atoms with E-state index in [-0.39, 0.29) is 17.5 Å². The Balaban J connectivity index is 1.95. The van der Waals surface area contributed by atoms with Gasteiger partial charge in [0.25, 0.3) is 6.43 Å². The van der Waals surface area contributed by atoms with Gasteiger partial charge in [0.1, 0.15) is 36.0 Å². The summed E-state index contributed by atoms with van der Waals surface area (Å²) in [5.74, 6) is -0.146. The average molecular weight is 393 g/mol. The molecular formula is C17H18F3N7O. The molecule has 0 radical (unpaired) electrons. The number of aromatic nitrogens is 5. The molecule has 0 aliphatic rings.